The maximum absolute atomic E-state index is 11.8. The van der Waals surface area contributed by atoms with Gasteiger partial charge >= 0.3 is 17.9 Å². The molecule has 0 bridgehead atoms. The average Bonchev–Trinajstić information content (AvgIpc) is 2.58. The molecular formula is C15H24N4O9. The smallest absolute Gasteiger partial charge is 0.326 e. The van der Waals surface area contributed by atoms with Gasteiger partial charge in [-0.05, 0) is 19.3 Å². The molecule has 3 atom stereocenters. The van der Waals surface area contributed by atoms with Crippen molar-refractivity contribution in [3.8, 4) is 0 Å². The summed E-state index contributed by atoms with van der Waals surface area (Å²) in [6.07, 6.45) is -1.75. The van der Waals surface area contributed by atoms with Crippen LogP contribution in [0.25, 0.3) is 0 Å². The number of hydrogen-bond donors (Lipinski definition) is 7. The van der Waals surface area contributed by atoms with E-state index in [2.05, 4.69) is 10.6 Å². The van der Waals surface area contributed by atoms with Gasteiger partial charge in [-0.15, -0.1) is 0 Å². The van der Waals surface area contributed by atoms with E-state index >= 15 is 0 Å². The number of amides is 3. The summed E-state index contributed by atoms with van der Waals surface area (Å²) in [6.45, 7) is 0. The van der Waals surface area contributed by atoms with Gasteiger partial charge in [0.25, 0.3) is 0 Å². The number of nitrogens with two attached hydrogens (primary N) is 2. The minimum absolute atomic E-state index is 0.200. The highest BCUT2D eigenvalue weighted by Crippen LogP contribution is 2.03. The number of nitrogens with one attached hydrogen (secondary N) is 2. The molecule has 3 amide bonds. The second-order valence-corrected chi connectivity index (χ2v) is 5.94. The second kappa shape index (κ2) is 12.2. The van der Waals surface area contributed by atoms with Crippen molar-refractivity contribution in [1.82, 2.24) is 10.6 Å². The lowest BCUT2D eigenvalue weighted by Crippen LogP contribution is -2.44. The Bertz CT molecular complexity index is 623. The van der Waals surface area contributed by atoms with Crippen LogP contribution in [0.2, 0.25) is 0 Å². The Labute approximate surface area is 159 Å². The first-order chi connectivity index (χ1) is 12.9. The lowest BCUT2D eigenvalue weighted by molar-refractivity contribution is -0.143. The zero-order chi connectivity index (χ0) is 21.9. The van der Waals surface area contributed by atoms with Crippen LogP contribution < -0.4 is 22.1 Å². The number of aliphatic carboxylic acids is 3. The van der Waals surface area contributed by atoms with Crippen molar-refractivity contribution in [3.63, 3.8) is 0 Å². The maximum Gasteiger partial charge on any atom is 0.326 e. The molecule has 0 saturated heterocycles. The fourth-order valence-electron chi connectivity index (χ4n) is 2.02. The molecule has 9 N–H and O–H groups in total. The van der Waals surface area contributed by atoms with Crippen LogP contribution in [-0.4, -0.2) is 69.1 Å². The molecule has 3 unspecified atom stereocenters. The third-order valence-corrected chi connectivity index (χ3v) is 3.61. The third kappa shape index (κ3) is 10.7. The van der Waals surface area contributed by atoms with Gasteiger partial charge in [-0.2, -0.15) is 0 Å². The Hall–Kier alpha value is -3.22. The molecule has 0 aliphatic carbocycles. The molecule has 0 rings (SSSR count). The molecule has 0 fully saturated rings. The summed E-state index contributed by atoms with van der Waals surface area (Å²) in [5.74, 6) is -6.39. The Morgan fingerprint density at radius 1 is 0.679 bits per heavy atom. The molecule has 0 aromatic rings. The molecule has 13 nitrogen and oxygen atoms in total. The van der Waals surface area contributed by atoms with Gasteiger partial charge in [-0.3, -0.25) is 19.2 Å². The van der Waals surface area contributed by atoms with Gasteiger partial charge in [0, 0.05) is 19.3 Å². The summed E-state index contributed by atoms with van der Waals surface area (Å²) in [4.78, 5) is 67.0. The highest BCUT2D eigenvalue weighted by Gasteiger charge is 2.24. The molecule has 0 aromatic carbocycles. The molecule has 0 aliphatic heterocycles. The van der Waals surface area contributed by atoms with E-state index in [-0.39, 0.29) is 32.1 Å². The molecule has 0 spiro atoms. The van der Waals surface area contributed by atoms with Crippen LogP contribution in [0.15, 0.2) is 0 Å². The lowest BCUT2D eigenvalue weighted by Gasteiger charge is -2.17. The van der Waals surface area contributed by atoms with Crippen molar-refractivity contribution >= 4 is 35.6 Å². The second-order valence-electron chi connectivity index (χ2n) is 5.94. The Morgan fingerprint density at radius 2 is 1.07 bits per heavy atom. The predicted octanol–water partition coefficient (Wildman–Crippen LogP) is -2.64. The SMILES string of the molecule is NC(=O)CCC(NC(=O)CCC(NC(=O)CCC(N)C(=O)O)C(=O)O)C(=O)O. The highest BCUT2D eigenvalue weighted by atomic mass is 16.4. The van der Waals surface area contributed by atoms with Gasteiger partial charge in [0.15, 0.2) is 0 Å². The van der Waals surface area contributed by atoms with Gasteiger partial charge in [0.05, 0.1) is 0 Å². The first-order valence-corrected chi connectivity index (χ1v) is 8.25. The van der Waals surface area contributed by atoms with Gasteiger partial charge in [-0.1, -0.05) is 0 Å². The highest BCUT2D eigenvalue weighted by molar-refractivity contribution is 5.86. The fraction of sp³-hybridized carbons (Fsp3) is 0.600. The normalized spacial score (nSPS) is 13.6. The van der Waals surface area contributed by atoms with Crippen LogP contribution in [0, 0.1) is 0 Å². The molecular weight excluding hydrogens is 380 g/mol. The van der Waals surface area contributed by atoms with Crippen LogP contribution in [0.4, 0.5) is 0 Å². The van der Waals surface area contributed by atoms with Gasteiger partial charge < -0.3 is 37.4 Å². The summed E-state index contributed by atoms with van der Waals surface area (Å²) in [6, 6.07) is -4.07. The molecule has 158 valence electrons. The van der Waals surface area contributed by atoms with Gasteiger partial charge in [0.2, 0.25) is 17.7 Å². The standard InChI is InChI=1S/C15H24N4O9/c16-7(13(23)24)1-5-11(21)19-9(15(27)28)3-6-12(22)18-8(14(25)26)2-4-10(17)20/h7-9H,1-6,16H2,(H2,17,20)(H,18,22)(H,19,21)(H,23,24)(H,25,26)(H,27,28). The van der Waals surface area contributed by atoms with Crippen molar-refractivity contribution < 1.29 is 44.1 Å². The van der Waals surface area contributed by atoms with Crippen LogP contribution in [0.3, 0.4) is 0 Å². The minimum atomic E-state index is -1.44. The number of rotatable bonds is 14. The summed E-state index contributed by atoms with van der Waals surface area (Å²) in [7, 11) is 0. The van der Waals surface area contributed by atoms with Crippen molar-refractivity contribution in [1.29, 1.82) is 0 Å². The van der Waals surface area contributed by atoms with E-state index in [0.29, 0.717) is 0 Å². The zero-order valence-corrected chi connectivity index (χ0v) is 14.9. The molecule has 0 heterocycles. The van der Waals surface area contributed by atoms with Crippen LogP contribution in [0.1, 0.15) is 38.5 Å². The van der Waals surface area contributed by atoms with Gasteiger partial charge in [0.1, 0.15) is 18.1 Å². The first-order valence-electron chi connectivity index (χ1n) is 8.25. The van der Waals surface area contributed by atoms with Crippen molar-refractivity contribution in [3.05, 3.63) is 0 Å². The number of carboxylic acids is 3. The summed E-state index contributed by atoms with van der Waals surface area (Å²) < 4.78 is 0. The fourth-order valence-corrected chi connectivity index (χ4v) is 2.02. The van der Waals surface area contributed by atoms with Crippen molar-refractivity contribution in [2.75, 3.05) is 0 Å². The van der Waals surface area contributed by atoms with Crippen LogP contribution in [0.5, 0.6) is 0 Å². The van der Waals surface area contributed by atoms with E-state index in [1.807, 2.05) is 0 Å². The molecule has 28 heavy (non-hydrogen) atoms. The molecule has 0 aliphatic rings. The number of carboxylic acid groups (broad SMARTS) is 3. The zero-order valence-electron chi connectivity index (χ0n) is 14.9. The van der Waals surface area contributed by atoms with E-state index in [1.54, 1.807) is 0 Å². The van der Waals surface area contributed by atoms with Crippen molar-refractivity contribution in [2.24, 2.45) is 11.5 Å². The first kappa shape index (κ1) is 24.8. The molecule has 13 heteroatoms. The summed E-state index contributed by atoms with van der Waals surface area (Å²) in [5.41, 5.74) is 10.2. The van der Waals surface area contributed by atoms with E-state index in [1.165, 1.54) is 0 Å². The van der Waals surface area contributed by atoms with Gasteiger partial charge in [-0.25, -0.2) is 9.59 Å². The average molecular weight is 404 g/mol. The minimum Gasteiger partial charge on any atom is -0.480 e. The third-order valence-electron chi connectivity index (χ3n) is 3.61. The molecule has 0 saturated carbocycles. The lowest BCUT2D eigenvalue weighted by atomic mass is 10.1. The van der Waals surface area contributed by atoms with E-state index in [9.17, 15) is 28.8 Å². The van der Waals surface area contributed by atoms with E-state index < -0.39 is 60.2 Å². The Balaban J connectivity index is 4.56. The number of primary amides is 1. The predicted molar refractivity (Wildman–Crippen MR) is 91.6 cm³/mol. The topological polar surface area (TPSA) is 239 Å². The summed E-state index contributed by atoms with van der Waals surface area (Å²) in [5, 5.41) is 31.0. The van der Waals surface area contributed by atoms with E-state index in [0.717, 1.165) is 0 Å². The van der Waals surface area contributed by atoms with E-state index in [4.69, 9.17) is 26.8 Å². The van der Waals surface area contributed by atoms with Crippen LogP contribution in [-0.2, 0) is 28.8 Å². The quantitative estimate of drug-likeness (QED) is 0.159. The van der Waals surface area contributed by atoms with Crippen LogP contribution >= 0.6 is 0 Å². The largest absolute Gasteiger partial charge is 0.480 e. The monoisotopic (exact) mass is 404 g/mol. The number of carbonyl (C=O) groups is 6. The Kier molecular flexibility index (Phi) is 10.8. The molecule has 0 radical (unpaired) electrons. The van der Waals surface area contributed by atoms with Crippen molar-refractivity contribution in [2.45, 2.75) is 56.7 Å². The number of hydrogen-bond acceptors (Lipinski definition) is 7. The maximum atomic E-state index is 11.8. The Morgan fingerprint density at radius 3 is 1.43 bits per heavy atom. The molecule has 0 aromatic heterocycles. The summed E-state index contributed by atoms with van der Waals surface area (Å²) >= 11 is 0. The number of carbonyl (C=O) groups excluding carboxylic acids is 3.